The van der Waals surface area contributed by atoms with Crippen LogP contribution in [0.5, 0.6) is 0 Å². The maximum atomic E-state index is 10.7. The number of nitrogens with two attached hydrogens (primary N) is 1. The average molecular weight is 199 g/mol. The van der Waals surface area contributed by atoms with E-state index in [0.29, 0.717) is 18.4 Å². The van der Waals surface area contributed by atoms with Crippen molar-refractivity contribution in [2.24, 2.45) is 23.5 Å². The Morgan fingerprint density at radius 1 is 1.36 bits per heavy atom. The van der Waals surface area contributed by atoms with Gasteiger partial charge < -0.3 is 10.8 Å². The first-order valence-corrected chi connectivity index (χ1v) is 5.94. The van der Waals surface area contributed by atoms with Gasteiger partial charge in [0.05, 0.1) is 5.60 Å². The quantitative estimate of drug-likeness (QED) is 0.731. The largest absolute Gasteiger partial charge is 0.389 e. The lowest BCUT2D eigenvalue weighted by Crippen LogP contribution is -2.50. The Hall–Kier alpha value is -0.0800. The minimum absolute atomic E-state index is 0.232. The van der Waals surface area contributed by atoms with Crippen LogP contribution in [0.1, 0.15) is 46.5 Å². The highest BCUT2D eigenvalue weighted by Crippen LogP contribution is 2.42. The molecule has 1 aliphatic carbocycles. The number of aliphatic hydroxyl groups is 1. The Morgan fingerprint density at radius 2 is 2.00 bits per heavy atom. The normalized spacial score (nSPS) is 36.0. The molecule has 2 heteroatoms. The third-order valence-electron chi connectivity index (χ3n) is 4.00. The van der Waals surface area contributed by atoms with E-state index in [9.17, 15) is 5.11 Å². The molecule has 3 N–H and O–H groups in total. The summed E-state index contributed by atoms with van der Waals surface area (Å²) >= 11 is 0. The van der Waals surface area contributed by atoms with Gasteiger partial charge in [-0.05, 0) is 37.1 Å². The minimum atomic E-state index is -0.499. The molecule has 2 nitrogen and oxygen atoms in total. The molecular formula is C12H25NO. The molecule has 1 aliphatic rings. The number of hydrogen-bond donors (Lipinski definition) is 2. The Balaban J connectivity index is 2.79. The molecule has 1 fully saturated rings. The van der Waals surface area contributed by atoms with E-state index in [1.165, 1.54) is 12.8 Å². The summed E-state index contributed by atoms with van der Waals surface area (Å²) in [7, 11) is 0. The Bertz CT molecular complexity index is 181. The molecule has 1 rings (SSSR count). The van der Waals surface area contributed by atoms with E-state index in [0.717, 1.165) is 12.8 Å². The van der Waals surface area contributed by atoms with Gasteiger partial charge in [0.15, 0.2) is 0 Å². The number of rotatable bonds is 3. The minimum Gasteiger partial charge on any atom is -0.389 e. The van der Waals surface area contributed by atoms with Crippen LogP contribution in [0, 0.1) is 17.8 Å². The highest BCUT2D eigenvalue weighted by Gasteiger charge is 2.43. The zero-order valence-electron chi connectivity index (χ0n) is 9.79. The van der Waals surface area contributed by atoms with E-state index < -0.39 is 5.60 Å². The second-order valence-electron chi connectivity index (χ2n) is 5.22. The van der Waals surface area contributed by atoms with E-state index in [1.807, 2.05) is 0 Å². The maximum absolute atomic E-state index is 10.7. The van der Waals surface area contributed by atoms with Crippen LogP contribution in [0.2, 0.25) is 0 Å². The summed E-state index contributed by atoms with van der Waals surface area (Å²) in [6, 6.07) is 0. The lowest BCUT2D eigenvalue weighted by molar-refractivity contribution is -0.102. The Labute approximate surface area is 87.9 Å². The van der Waals surface area contributed by atoms with Crippen molar-refractivity contribution < 1.29 is 5.11 Å². The zero-order chi connectivity index (χ0) is 10.8. The van der Waals surface area contributed by atoms with Crippen molar-refractivity contribution in [1.82, 2.24) is 0 Å². The molecule has 0 aliphatic heterocycles. The second-order valence-corrected chi connectivity index (χ2v) is 5.22. The van der Waals surface area contributed by atoms with Gasteiger partial charge >= 0.3 is 0 Å². The molecule has 0 aromatic carbocycles. The highest BCUT2D eigenvalue weighted by molar-refractivity contribution is 4.95. The van der Waals surface area contributed by atoms with E-state index in [2.05, 4.69) is 20.8 Å². The topological polar surface area (TPSA) is 46.2 Å². The van der Waals surface area contributed by atoms with Gasteiger partial charge in [-0.15, -0.1) is 0 Å². The molecule has 0 aromatic heterocycles. The van der Waals surface area contributed by atoms with Crippen LogP contribution in [0.4, 0.5) is 0 Å². The molecule has 0 spiro atoms. The fraction of sp³-hybridized carbons (Fsp3) is 1.00. The maximum Gasteiger partial charge on any atom is 0.0715 e. The highest BCUT2D eigenvalue weighted by atomic mass is 16.3. The van der Waals surface area contributed by atoms with Crippen molar-refractivity contribution in [2.75, 3.05) is 6.54 Å². The van der Waals surface area contributed by atoms with Crippen molar-refractivity contribution in [1.29, 1.82) is 0 Å². The fourth-order valence-corrected chi connectivity index (χ4v) is 2.93. The zero-order valence-corrected chi connectivity index (χ0v) is 9.79. The van der Waals surface area contributed by atoms with E-state index in [-0.39, 0.29) is 5.92 Å². The molecule has 3 atom stereocenters. The molecular weight excluding hydrogens is 174 g/mol. The van der Waals surface area contributed by atoms with Gasteiger partial charge in [-0.3, -0.25) is 0 Å². The summed E-state index contributed by atoms with van der Waals surface area (Å²) in [6.45, 7) is 7.11. The van der Waals surface area contributed by atoms with Crippen molar-refractivity contribution in [3.63, 3.8) is 0 Å². The second kappa shape index (κ2) is 4.63. The van der Waals surface area contributed by atoms with Gasteiger partial charge in [0.2, 0.25) is 0 Å². The van der Waals surface area contributed by atoms with E-state index in [1.54, 1.807) is 0 Å². The molecule has 0 amide bonds. The Morgan fingerprint density at radius 3 is 2.50 bits per heavy atom. The van der Waals surface area contributed by atoms with Crippen LogP contribution >= 0.6 is 0 Å². The predicted octanol–water partition coefficient (Wildman–Crippen LogP) is 2.16. The van der Waals surface area contributed by atoms with Crippen molar-refractivity contribution in [3.05, 3.63) is 0 Å². The molecule has 1 saturated carbocycles. The van der Waals surface area contributed by atoms with E-state index >= 15 is 0 Å². The van der Waals surface area contributed by atoms with Crippen molar-refractivity contribution >= 4 is 0 Å². The van der Waals surface area contributed by atoms with Gasteiger partial charge in [0, 0.05) is 0 Å². The monoisotopic (exact) mass is 199 g/mol. The van der Waals surface area contributed by atoms with Crippen LogP contribution in [-0.4, -0.2) is 17.3 Å². The average Bonchev–Trinajstić information content (AvgIpc) is 2.16. The molecule has 0 aromatic rings. The Kier molecular flexibility index (Phi) is 3.96. The summed E-state index contributed by atoms with van der Waals surface area (Å²) in [4.78, 5) is 0. The first kappa shape index (κ1) is 12.0. The van der Waals surface area contributed by atoms with Gasteiger partial charge in [0.25, 0.3) is 0 Å². The first-order valence-electron chi connectivity index (χ1n) is 5.94. The molecule has 14 heavy (non-hydrogen) atoms. The van der Waals surface area contributed by atoms with Crippen LogP contribution in [0.3, 0.4) is 0 Å². The summed E-state index contributed by atoms with van der Waals surface area (Å²) in [6.07, 6.45) is 4.53. The predicted molar refractivity (Wildman–Crippen MR) is 60.0 cm³/mol. The van der Waals surface area contributed by atoms with E-state index in [4.69, 9.17) is 5.73 Å². The molecule has 0 heterocycles. The summed E-state index contributed by atoms with van der Waals surface area (Å²) in [5.74, 6) is 1.24. The molecule has 84 valence electrons. The fourth-order valence-electron chi connectivity index (χ4n) is 2.93. The third kappa shape index (κ3) is 2.12. The van der Waals surface area contributed by atoms with Gasteiger partial charge in [-0.1, -0.05) is 33.6 Å². The summed E-state index contributed by atoms with van der Waals surface area (Å²) in [5.41, 5.74) is 5.19. The smallest absolute Gasteiger partial charge is 0.0715 e. The molecule has 3 unspecified atom stereocenters. The standard InChI is InChI=1S/C12H25NO/c1-9(2)11-6-4-5-7-12(11,14)10(3)8-13/h9-11,14H,4-8,13H2,1-3H3. The van der Waals surface area contributed by atoms with Gasteiger partial charge in [0.1, 0.15) is 0 Å². The molecule has 0 radical (unpaired) electrons. The van der Waals surface area contributed by atoms with Gasteiger partial charge in [-0.2, -0.15) is 0 Å². The van der Waals surface area contributed by atoms with Crippen molar-refractivity contribution in [2.45, 2.75) is 52.1 Å². The summed E-state index contributed by atoms with van der Waals surface area (Å²) < 4.78 is 0. The molecule has 0 bridgehead atoms. The summed E-state index contributed by atoms with van der Waals surface area (Å²) in [5, 5.41) is 10.7. The third-order valence-corrected chi connectivity index (χ3v) is 4.00. The van der Waals surface area contributed by atoms with Crippen molar-refractivity contribution in [3.8, 4) is 0 Å². The van der Waals surface area contributed by atoms with Gasteiger partial charge in [-0.25, -0.2) is 0 Å². The van der Waals surface area contributed by atoms with Crippen LogP contribution in [0.15, 0.2) is 0 Å². The first-order chi connectivity index (χ1) is 6.52. The van der Waals surface area contributed by atoms with Crippen LogP contribution in [0.25, 0.3) is 0 Å². The lowest BCUT2D eigenvalue weighted by atomic mass is 9.65. The van der Waals surface area contributed by atoms with Crippen LogP contribution < -0.4 is 5.73 Å². The SMILES string of the molecule is CC(C)C1CCCCC1(O)C(C)CN. The number of hydrogen-bond acceptors (Lipinski definition) is 2. The van der Waals surface area contributed by atoms with Crippen LogP contribution in [-0.2, 0) is 0 Å². The lowest BCUT2D eigenvalue weighted by Gasteiger charge is -2.46. The molecule has 0 saturated heterocycles.